The molecule has 0 fully saturated rings. The number of aromatic nitrogens is 6. The van der Waals surface area contributed by atoms with E-state index in [4.69, 9.17) is 0 Å². The number of halogens is 3. The van der Waals surface area contributed by atoms with Crippen LogP contribution in [0.4, 0.5) is 24.0 Å². The van der Waals surface area contributed by atoms with Crippen molar-refractivity contribution in [1.82, 2.24) is 30.4 Å². The maximum absolute atomic E-state index is 12.2. The fourth-order valence-electron chi connectivity index (χ4n) is 2.02. The van der Waals surface area contributed by atoms with Gasteiger partial charge in [-0.1, -0.05) is 30.0 Å². The molecule has 3 aromatic rings. The number of thioether (sulfide) groups is 1. The first-order valence-corrected chi connectivity index (χ1v) is 9.57. The smallest absolute Gasteiger partial charge is 0.406 e. The molecule has 0 aliphatic heterocycles. The Bertz CT molecular complexity index is 866. The van der Waals surface area contributed by atoms with E-state index in [1.54, 1.807) is 4.68 Å². The highest BCUT2D eigenvalue weighted by Gasteiger charge is 2.30. The average Bonchev–Trinajstić information content (AvgIpc) is 3.23. The van der Waals surface area contributed by atoms with Crippen molar-refractivity contribution in [3.63, 3.8) is 0 Å². The number of hydrogen-bond donors (Lipinski definition) is 1. The van der Waals surface area contributed by atoms with Crippen molar-refractivity contribution < 1.29 is 17.9 Å². The molecule has 0 aliphatic rings. The van der Waals surface area contributed by atoms with Crippen LogP contribution in [-0.4, -0.2) is 36.8 Å². The lowest BCUT2D eigenvalue weighted by molar-refractivity contribution is -0.274. The molecular weight excluding hydrogens is 403 g/mol. The molecule has 2 heterocycles. The summed E-state index contributed by atoms with van der Waals surface area (Å²) < 4.78 is 42.8. The van der Waals surface area contributed by atoms with Crippen LogP contribution >= 0.6 is 23.1 Å². The normalized spacial score (nSPS) is 11.6. The van der Waals surface area contributed by atoms with Crippen LogP contribution < -0.4 is 10.1 Å². The van der Waals surface area contributed by atoms with Crippen molar-refractivity contribution in [3.8, 4) is 5.75 Å². The third kappa shape index (κ3) is 5.79. The lowest BCUT2D eigenvalue weighted by atomic mass is 10.3. The first kappa shape index (κ1) is 19.4. The Morgan fingerprint density at radius 2 is 1.96 bits per heavy atom. The minimum Gasteiger partial charge on any atom is -0.406 e. The van der Waals surface area contributed by atoms with Gasteiger partial charge in [0.2, 0.25) is 5.13 Å². The fraction of sp³-hybridized carbons (Fsp3) is 0.357. The summed E-state index contributed by atoms with van der Waals surface area (Å²) in [6, 6.07) is 5.38. The van der Waals surface area contributed by atoms with Crippen LogP contribution in [0.2, 0.25) is 0 Å². The number of alkyl halides is 3. The zero-order chi connectivity index (χ0) is 19.3. The van der Waals surface area contributed by atoms with Gasteiger partial charge in [-0.3, -0.25) is 0 Å². The van der Waals surface area contributed by atoms with Crippen LogP contribution in [0.15, 0.2) is 28.6 Å². The zero-order valence-electron chi connectivity index (χ0n) is 14.0. The Kier molecular flexibility index (Phi) is 6.11. The Morgan fingerprint density at radius 1 is 1.19 bits per heavy atom. The second-order valence-corrected chi connectivity index (χ2v) is 7.38. The van der Waals surface area contributed by atoms with E-state index in [1.165, 1.54) is 47.4 Å². The summed E-state index contributed by atoms with van der Waals surface area (Å²) >= 11 is 2.78. The van der Waals surface area contributed by atoms with Crippen LogP contribution in [0.1, 0.15) is 19.2 Å². The Labute approximate surface area is 160 Å². The van der Waals surface area contributed by atoms with Crippen molar-refractivity contribution in [3.05, 3.63) is 30.1 Å². The largest absolute Gasteiger partial charge is 0.573 e. The van der Waals surface area contributed by atoms with E-state index in [2.05, 4.69) is 35.8 Å². The first-order chi connectivity index (χ1) is 12.9. The molecule has 0 saturated heterocycles. The van der Waals surface area contributed by atoms with Gasteiger partial charge in [0.1, 0.15) is 5.75 Å². The molecule has 1 aromatic carbocycles. The molecule has 0 bridgehead atoms. The topological polar surface area (TPSA) is 90.6 Å². The molecule has 0 aliphatic carbocycles. The Balaban J connectivity index is 1.55. The molecule has 2 aromatic heterocycles. The number of anilines is 2. The van der Waals surface area contributed by atoms with Crippen LogP contribution in [0, 0.1) is 0 Å². The van der Waals surface area contributed by atoms with Crippen molar-refractivity contribution in [2.75, 3.05) is 5.32 Å². The number of ether oxygens (including phenoxy) is 1. The zero-order valence-corrected chi connectivity index (χ0v) is 15.6. The molecule has 0 atom stereocenters. The second-order valence-electron chi connectivity index (χ2n) is 5.18. The number of nitrogens with zero attached hydrogens (tertiary/aromatic N) is 6. The fourth-order valence-corrected chi connectivity index (χ4v) is 3.73. The van der Waals surface area contributed by atoms with Gasteiger partial charge in [0.15, 0.2) is 10.2 Å². The van der Waals surface area contributed by atoms with E-state index in [1.807, 2.05) is 6.92 Å². The van der Waals surface area contributed by atoms with E-state index in [0.29, 0.717) is 16.6 Å². The summed E-state index contributed by atoms with van der Waals surface area (Å²) in [5.41, 5.74) is 0.573. The summed E-state index contributed by atoms with van der Waals surface area (Å²) in [5, 5.41) is 23.2. The van der Waals surface area contributed by atoms with E-state index >= 15 is 0 Å². The summed E-state index contributed by atoms with van der Waals surface area (Å²) in [5.74, 6) is 1.03. The van der Waals surface area contributed by atoms with Crippen LogP contribution in [-0.2, 0) is 12.3 Å². The summed E-state index contributed by atoms with van der Waals surface area (Å²) in [6.45, 7) is 2.79. The lowest BCUT2D eigenvalue weighted by Gasteiger charge is -2.09. The number of rotatable bonds is 8. The Hall–Kier alpha value is -2.41. The van der Waals surface area contributed by atoms with Gasteiger partial charge >= 0.3 is 6.36 Å². The van der Waals surface area contributed by atoms with Crippen molar-refractivity contribution in [2.45, 2.75) is 36.3 Å². The Morgan fingerprint density at radius 3 is 2.67 bits per heavy atom. The van der Waals surface area contributed by atoms with E-state index in [9.17, 15) is 13.2 Å². The molecule has 8 nitrogen and oxygen atoms in total. The van der Waals surface area contributed by atoms with Gasteiger partial charge < -0.3 is 10.1 Å². The van der Waals surface area contributed by atoms with Crippen LogP contribution in [0.3, 0.4) is 0 Å². The highest BCUT2D eigenvalue weighted by molar-refractivity contribution is 8.00. The van der Waals surface area contributed by atoms with E-state index in [-0.39, 0.29) is 5.75 Å². The van der Waals surface area contributed by atoms with Gasteiger partial charge in [-0.2, -0.15) is 0 Å². The van der Waals surface area contributed by atoms with Gasteiger partial charge in [-0.15, -0.1) is 28.5 Å². The molecule has 144 valence electrons. The van der Waals surface area contributed by atoms with Crippen LogP contribution in [0.5, 0.6) is 5.75 Å². The minimum absolute atomic E-state index is 0.286. The summed E-state index contributed by atoms with van der Waals surface area (Å²) in [7, 11) is 0. The molecule has 27 heavy (non-hydrogen) atoms. The number of nitrogens with one attached hydrogen (secondary N) is 1. The maximum Gasteiger partial charge on any atom is 0.573 e. The maximum atomic E-state index is 12.2. The third-order valence-electron chi connectivity index (χ3n) is 3.11. The van der Waals surface area contributed by atoms with Gasteiger partial charge in [-0.05, 0) is 41.1 Å². The van der Waals surface area contributed by atoms with E-state index in [0.717, 1.165) is 23.1 Å². The standard InChI is InChI=1S/C14H14F3N7OS2/c1-2-7-24-11(19-22-23-24)8-26-13-21-20-12(27-13)18-9-3-5-10(6-4-9)25-14(15,16)17/h3-6H,2,7-8H2,1H3,(H,18,20). The van der Waals surface area contributed by atoms with Crippen molar-refractivity contribution in [2.24, 2.45) is 0 Å². The molecule has 0 spiro atoms. The SMILES string of the molecule is CCCn1nnnc1CSc1nnc(Nc2ccc(OC(F)(F)F)cc2)s1. The average molecular weight is 417 g/mol. The highest BCUT2D eigenvalue weighted by Crippen LogP contribution is 2.30. The first-order valence-electron chi connectivity index (χ1n) is 7.77. The van der Waals surface area contributed by atoms with Crippen molar-refractivity contribution in [1.29, 1.82) is 0 Å². The van der Waals surface area contributed by atoms with Gasteiger partial charge in [0.25, 0.3) is 0 Å². The quantitative estimate of drug-likeness (QED) is 0.553. The summed E-state index contributed by atoms with van der Waals surface area (Å²) in [4.78, 5) is 0. The van der Waals surface area contributed by atoms with Crippen LogP contribution in [0.25, 0.3) is 0 Å². The molecule has 0 unspecified atom stereocenters. The van der Waals surface area contributed by atoms with Gasteiger partial charge in [0, 0.05) is 12.2 Å². The number of aryl methyl sites for hydroxylation is 1. The van der Waals surface area contributed by atoms with E-state index < -0.39 is 6.36 Å². The highest BCUT2D eigenvalue weighted by atomic mass is 32.2. The summed E-state index contributed by atoms with van der Waals surface area (Å²) in [6.07, 6.45) is -3.78. The number of hydrogen-bond acceptors (Lipinski definition) is 9. The predicted octanol–water partition coefficient (Wildman–Crippen LogP) is 3.87. The number of tetrazole rings is 1. The monoisotopic (exact) mass is 417 g/mol. The molecular formula is C14H14F3N7OS2. The lowest BCUT2D eigenvalue weighted by Crippen LogP contribution is -2.16. The molecule has 13 heteroatoms. The molecule has 1 N–H and O–H groups in total. The van der Waals surface area contributed by atoms with Crippen molar-refractivity contribution >= 4 is 33.9 Å². The second kappa shape index (κ2) is 8.52. The van der Waals surface area contributed by atoms with Gasteiger partial charge in [-0.25, -0.2) is 4.68 Å². The minimum atomic E-state index is -4.71. The third-order valence-corrected chi connectivity index (χ3v) is 5.08. The number of benzene rings is 1. The molecule has 0 amide bonds. The molecule has 3 rings (SSSR count). The predicted molar refractivity (Wildman–Crippen MR) is 94.0 cm³/mol. The molecule has 0 radical (unpaired) electrons. The molecule has 0 saturated carbocycles. The van der Waals surface area contributed by atoms with Gasteiger partial charge in [0.05, 0.1) is 5.75 Å².